The molecule has 2 nitrogen and oxygen atoms in total. The smallest absolute Gasteiger partial charge is 0.151 e. The van der Waals surface area contributed by atoms with Gasteiger partial charge < -0.3 is 5.11 Å². The fraction of sp³-hybridized carbons (Fsp3) is 0. The van der Waals surface area contributed by atoms with E-state index in [1.54, 1.807) is 42.5 Å². The number of hydrogen-bond acceptors (Lipinski definition) is 2. The summed E-state index contributed by atoms with van der Waals surface area (Å²) < 4.78 is 0. The molecular formula is C15H10O2. The predicted octanol–water partition coefficient (Wildman–Crippen LogP) is 2.60. The monoisotopic (exact) mass is 222 g/mol. The number of carbonyl (C=O) groups excluding carboxylic acids is 1. The third-order valence-electron chi connectivity index (χ3n) is 2.28. The lowest BCUT2D eigenvalue weighted by Crippen LogP contribution is -1.85. The van der Waals surface area contributed by atoms with Crippen molar-refractivity contribution in [1.82, 2.24) is 0 Å². The molecule has 0 saturated heterocycles. The van der Waals surface area contributed by atoms with Gasteiger partial charge in [-0.25, -0.2) is 0 Å². The summed E-state index contributed by atoms with van der Waals surface area (Å²) in [6.45, 7) is 0. The van der Waals surface area contributed by atoms with Crippen LogP contribution in [0.25, 0.3) is 0 Å². The van der Waals surface area contributed by atoms with E-state index in [2.05, 4.69) is 11.8 Å². The lowest BCUT2D eigenvalue weighted by Gasteiger charge is -1.94. The Labute approximate surface area is 99.5 Å². The average molecular weight is 222 g/mol. The molecule has 0 unspecified atom stereocenters. The van der Waals surface area contributed by atoms with Crippen LogP contribution in [-0.4, -0.2) is 11.4 Å². The minimum Gasteiger partial charge on any atom is -0.508 e. The second kappa shape index (κ2) is 5.00. The molecule has 0 aliphatic rings. The highest BCUT2D eigenvalue weighted by atomic mass is 16.3. The minimum atomic E-state index is 0.181. The molecule has 0 amide bonds. The molecule has 0 spiro atoms. The van der Waals surface area contributed by atoms with Crippen molar-refractivity contribution in [3.63, 3.8) is 0 Å². The maximum atomic E-state index is 10.8. The maximum Gasteiger partial charge on any atom is 0.151 e. The zero-order valence-corrected chi connectivity index (χ0v) is 9.05. The highest BCUT2D eigenvalue weighted by Crippen LogP contribution is 2.10. The van der Waals surface area contributed by atoms with Gasteiger partial charge in [-0.05, 0) is 24.3 Å². The van der Waals surface area contributed by atoms with Gasteiger partial charge in [0.1, 0.15) is 5.75 Å². The highest BCUT2D eigenvalue weighted by molar-refractivity contribution is 5.79. The van der Waals surface area contributed by atoms with Gasteiger partial charge in [0, 0.05) is 16.7 Å². The molecule has 0 radical (unpaired) electrons. The van der Waals surface area contributed by atoms with Crippen LogP contribution in [0, 0.1) is 11.8 Å². The summed E-state index contributed by atoms with van der Waals surface area (Å²) in [7, 11) is 0. The molecule has 2 aromatic carbocycles. The normalized spacial score (nSPS) is 9.18. The van der Waals surface area contributed by atoms with Crippen LogP contribution in [-0.2, 0) is 0 Å². The quantitative estimate of drug-likeness (QED) is 0.595. The molecule has 2 aromatic rings. The topological polar surface area (TPSA) is 37.3 Å². The van der Waals surface area contributed by atoms with Crippen molar-refractivity contribution in [2.75, 3.05) is 0 Å². The van der Waals surface area contributed by atoms with E-state index < -0.39 is 0 Å². The zero-order valence-electron chi connectivity index (χ0n) is 9.05. The number of carbonyl (C=O) groups is 1. The average Bonchev–Trinajstić information content (AvgIpc) is 2.37. The molecule has 0 heterocycles. The van der Waals surface area contributed by atoms with Gasteiger partial charge in [-0.15, -0.1) is 0 Å². The summed E-state index contributed by atoms with van der Waals surface area (Å²) in [5.74, 6) is 6.00. The molecule has 82 valence electrons. The lowest BCUT2D eigenvalue weighted by atomic mass is 10.1. The summed E-state index contributed by atoms with van der Waals surface area (Å²) >= 11 is 0. The first-order valence-electron chi connectivity index (χ1n) is 5.15. The standard InChI is InChI=1S/C15H10O2/c16-11-14-6-2-1-5-13(14)9-8-12-4-3-7-15(17)10-12/h1-7,10-11,17H. The number of benzene rings is 2. The van der Waals surface area contributed by atoms with Crippen molar-refractivity contribution >= 4 is 6.29 Å². The van der Waals surface area contributed by atoms with Gasteiger partial charge in [0.05, 0.1) is 0 Å². The number of phenolic OH excluding ortho intramolecular Hbond substituents is 1. The third-order valence-corrected chi connectivity index (χ3v) is 2.28. The van der Waals surface area contributed by atoms with E-state index in [0.717, 1.165) is 6.29 Å². The Kier molecular flexibility index (Phi) is 3.23. The fourth-order valence-electron chi connectivity index (χ4n) is 1.44. The second-order valence-electron chi connectivity index (χ2n) is 3.51. The van der Waals surface area contributed by atoms with Crippen LogP contribution in [0.2, 0.25) is 0 Å². The Hall–Kier alpha value is -2.53. The van der Waals surface area contributed by atoms with E-state index in [1.165, 1.54) is 0 Å². The van der Waals surface area contributed by atoms with E-state index in [1.807, 2.05) is 6.07 Å². The molecule has 17 heavy (non-hydrogen) atoms. The number of rotatable bonds is 1. The van der Waals surface area contributed by atoms with Crippen molar-refractivity contribution in [3.8, 4) is 17.6 Å². The van der Waals surface area contributed by atoms with Gasteiger partial charge in [0.2, 0.25) is 0 Å². The number of phenols is 1. The fourth-order valence-corrected chi connectivity index (χ4v) is 1.44. The van der Waals surface area contributed by atoms with Crippen molar-refractivity contribution in [2.24, 2.45) is 0 Å². The van der Waals surface area contributed by atoms with Crippen molar-refractivity contribution < 1.29 is 9.90 Å². The van der Waals surface area contributed by atoms with Gasteiger partial charge in [0.25, 0.3) is 0 Å². The highest BCUT2D eigenvalue weighted by Gasteiger charge is 1.95. The van der Waals surface area contributed by atoms with Gasteiger partial charge in [-0.3, -0.25) is 4.79 Å². The van der Waals surface area contributed by atoms with Crippen LogP contribution in [0.4, 0.5) is 0 Å². The van der Waals surface area contributed by atoms with Crippen LogP contribution < -0.4 is 0 Å². The Morgan fingerprint density at radius 2 is 1.82 bits per heavy atom. The summed E-state index contributed by atoms with van der Waals surface area (Å²) in [5, 5.41) is 9.29. The third kappa shape index (κ3) is 2.73. The van der Waals surface area contributed by atoms with E-state index >= 15 is 0 Å². The van der Waals surface area contributed by atoms with E-state index in [-0.39, 0.29) is 5.75 Å². The van der Waals surface area contributed by atoms with Crippen LogP contribution in [0.1, 0.15) is 21.5 Å². The van der Waals surface area contributed by atoms with Crippen molar-refractivity contribution in [3.05, 3.63) is 65.2 Å². The Bertz CT molecular complexity index is 604. The number of aromatic hydroxyl groups is 1. The van der Waals surface area contributed by atoms with Crippen molar-refractivity contribution in [1.29, 1.82) is 0 Å². The summed E-state index contributed by atoms with van der Waals surface area (Å²) in [5.41, 5.74) is 1.97. The molecule has 0 aliphatic carbocycles. The first kappa shape index (κ1) is 11.0. The minimum absolute atomic E-state index is 0.181. The molecule has 0 saturated carbocycles. The molecule has 0 bridgehead atoms. The SMILES string of the molecule is O=Cc1ccccc1C#Cc1cccc(O)c1. The van der Waals surface area contributed by atoms with E-state index in [0.29, 0.717) is 16.7 Å². The van der Waals surface area contributed by atoms with Crippen molar-refractivity contribution in [2.45, 2.75) is 0 Å². The number of hydrogen-bond donors (Lipinski definition) is 1. The molecule has 0 aromatic heterocycles. The molecule has 2 heteroatoms. The maximum absolute atomic E-state index is 10.8. The van der Waals surface area contributed by atoms with Gasteiger partial charge in [0.15, 0.2) is 6.29 Å². The molecule has 2 rings (SSSR count). The lowest BCUT2D eigenvalue weighted by molar-refractivity contribution is 0.112. The van der Waals surface area contributed by atoms with Gasteiger partial charge >= 0.3 is 0 Å². The molecule has 0 fully saturated rings. The first-order valence-corrected chi connectivity index (χ1v) is 5.15. The van der Waals surface area contributed by atoms with Crippen LogP contribution >= 0.6 is 0 Å². The Morgan fingerprint density at radius 1 is 1.00 bits per heavy atom. The number of aldehydes is 1. The molecule has 0 atom stereocenters. The Morgan fingerprint density at radius 3 is 2.59 bits per heavy atom. The summed E-state index contributed by atoms with van der Waals surface area (Å²) in [6, 6.07) is 13.8. The second-order valence-corrected chi connectivity index (χ2v) is 3.51. The van der Waals surface area contributed by atoms with Crippen LogP contribution in [0.5, 0.6) is 5.75 Å². The summed E-state index contributed by atoms with van der Waals surface area (Å²) in [4.78, 5) is 10.8. The largest absolute Gasteiger partial charge is 0.508 e. The first-order chi connectivity index (χ1) is 8.29. The van der Waals surface area contributed by atoms with Gasteiger partial charge in [-0.2, -0.15) is 0 Å². The van der Waals surface area contributed by atoms with Gasteiger partial charge in [-0.1, -0.05) is 36.1 Å². The molecular weight excluding hydrogens is 212 g/mol. The molecule has 0 aliphatic heterocycles. The summed E-state index contributed by atoms with van der Waals surface area (Å²) in [6.07, 6.45) is 0.784. The van der Waals surface area contributed by atoms with Crippen LogP contribution in [0.3, 0.4) is 0 Å². The molecule has 1 N–H and O–H groups in total. The zero-order chi connectivity index (χ0) is 12.1. The van der Waals surface area contributed by atoms with E-state index in [4.69, 9.17) is 0 Å². The Balaban J connectivity index is 2.36. The van der Waals surface area contributed by atoms with Crippen LogP contribution in [0.15, 0.2) is 48.5 Å². The van der Waals surface area contributed by atoms with E-state index in [9.17, 15) is 9.90 Å². The predicted molar refractivity (Wildman–Crippen MR) is 65.9 cm³/mol.